The van der Waals surface area contributed by atoms with Crippen LogP contribution in [-0.2, 0) is 13.3 Å². The van der Waals surface area contributed by atoms with Crippen LogP contribution in [0.25, 0.3) is 0 Å². The average Bonchev–Trinajstić information content (AvgIpc) is 2.27. The van der Waals surface area contributed by atoms with Crippen LogP contribution in [0.3, 0.4) is 0 Å². The molecule has 0 heterocycles. The highest BCUT2D eigenvalue weighted by Crippen LogP contribution is 2.19. The summed E-state index contributed by atoms with van der Waals surface area (Å²) >= 11 is 0. The van der Waals surface area contributed by atoms with Gasteiger partial charge < -0.3 is 23.5 Å². The fourth-order valence-corrected chi connectivity index (χ4v) is 4.13. The molecule has 0 aliphatic heterocycles. The van der Waals surface area contributed by atoms with Gasteiger partial charge in [-0.2, -0.15) is 0 Å². The molecular weight excluding hydrogens is 228 g/mol. The van der Waals surface area contributed by atoms with Crippen LogP contribution >= 0.6 is 0 Å². The second kappa shape index (κ2) is 9.09. The van der Waals surface area contributed by atoms with Crippen LogP contribution in [0.2, 0.25) is 6.04 Å². The Kier molecular flexibility index (Phi) is 9.10. The van der Waals surface area contributed by atoms with Gasteiger partial charge in [0.15, 0.2) is 0 Å². The van der Waals surface area contributed by atoms with Crippen molar-refractivity contribution in [2.24, 2.45) is 0 Å². The van der Waals surface area contributed by atoms with Gasteiger partial charge in [0.05, 0.1) is 12.7 Å². The van der Waals surface area contributed by atoms with Crippen LogP contribution in [0.4, 0.5) is 0 Å². The van der Waals surface area contributed by atoms with Crippen LogP contribution in [-0.4, -0.2) is 51.5 Å². The van der Waals surface area contributed by atoms with Crippen LogP contribution < -0.4 is 0 Å². The van der Waals surface area contributed by atoms with Crippen molar-refractivity contribution in [3.63, 3.8) is 0 Å². The summed E-state index contributed by atoms with van der Waals surface area (Å²) in [6.07, 6.45) is -0.295. The maximum atomic E-state index is 9.33. The van der Waals surface area contributed by atoms with E-state index in [1.165, 1.54) is 0 Å². The fourth-order valence-electron chi connectivity index (χ4n) is 1.44. The molecule has 0 aromatic heterocycles. The molecule has 16 heavy (non-hydrogen) atoms. The minimum atomic E-state index is -2.65. The summed E-state index contributed by atoms with van der Waals surface area (Å²) in [5, 5.41) is 18.1. The van der Waals surface area contributed by atoms with Gasteiger partial charge in [-0.3, -0.25) is 0 Å². The predicted molar refractivity (Wildman–Crippen MR) is 63.1 cm³/mol. The summed E-state index contributed by atoms with van der Waals surface area (Å²) in [4.78, 5) is 0. The fraction of sp³-hybridized carbons (Fsp3) is 1.00. The molecule has 1 unspecified atom stereocenters. The first-order chi connectivity index (χ1) is 7.64. The van der Waals surface area contributed by atoms with Gasteiger partial charge in [-0.1, -0.05) is 0 Å². The molecular formula is C10H24O5Si. The third kappa shape index (κ3) is 5.93. The van der Waals surface area contributed by atoms with Crippen LogP contribution in [0.5, 0.6) is 0 Å². The lowest BCUT2D eigenvalue weighted by atomic mass is 10.3. The lowest BCUT2D eigenvalue weighted by Gasteiger charge is -2.28. The van der Waals surface area contributed by atoms with E-state index in [-0.39, 0.29) is 6.61 Å². The highest BCUT2D eigenvalue weighted by molar-refractivity contribution is 6.60. The zero-order chi connectivity index (χ0) is 12.4. The molecule has 0 spiro atoms. The highest BCUT2D eigenvalue weighted by atomic mass is 28.4. The Labute approximate surface area is 98.7 Å². The van der Waals surface area contributed by atoms with Gasteiger partial charge in [-0.25, -0.2) is 0 Å². The van der Waals surface area contributed by atoms with Gasteiger partial charge >= 0.3 is 8.80 Å². The van der Waals surface area contributed by atoms with E-state index in [9.17, 15) is 5.11 Å². The summed E-state index contributed by atoms with van der Waals surface area (Å²) < 4.78 is 16.8. The van der Waals surface area contributed by atoms with Crippen LogP contribution in [0.1, 0.15) is 27.2 Å². The monoisotopic (exact) mass is 252 g/mol. The van der Waals surface area contributed by atoms with Gasteiger partial charge in [0.2, 0.25) is 0 Å². The van der Waals surface area contributed by atoms with E-state index < -0.39 is 14.9 Å². The Bertz CT molecular complexity index is 150. The topological polar surface area (TPSA) is 68.2 Å². The number of hydrogen-bond donors (Lipinski definition) is 2. The SMILES string of the molecule is CCO[Si](CCC(O)CO)(OCC)OCC. The van der Waals surface area contributed by atoms with E-state index in [4.69, 9.17) is 18.4 Å². The predicted octanol–water partition coefficient (Wildman–Crippen LogP) is 0.778. The zero-order valence-electron chi connectivity index (χ0n) is 10.4. The van der Waals surface area contributed by atoms with Gasteiger partial charge in [-0.05, 0) is 27.2 Å². The Morgan fingerprint density at radius 1 is 1.00 bits per heavy atom. The number of aliphatic hydroxyl groups excluding tert-OH is 2. The molecule has 0 rings (SSSR count). The van der Waals surface area contributed by atoms with E-state index in [0.29, 0.717) is 32.3 Å². The summed E-state index contributed by atoms with van der Waals surface area (Å²) in [6, 6.07) is 0.532. The molecule has 1 atom stereocenters. The van der Waals surface area contributed by atoms with E-state index in [2.05, 4.69) is 0 Å². The molecule has 0 aromatic carbocycles. The smallest absolute Gasteiger partial charge is 0.394 e. The van der Waals surface area contributed by atoms with Gasteiger partial charge in [0.25, 0.3) is 0 Å². The van der Waals surface area contributed by atoms with Crippen LogP contribution in [0, 0.1) is 0 Å². The molecule has 5 nitrogen and oxygen atoms in total. The average molecular weight is 252 g/mol. The highest BCUT2D eigenvalue weighted by Gasteiger charge is 2.40. The maximum Gasteiger partial charge on any atom is 0.501 e. The molecule has 0 saturated carbocycles. The molecule has 0 aliphatic carbocycles. The molecule has 0 aromatic rings. The Hall–Kier alpha value is 0.0169. The maximum absolute atomic E-state index is 9.33. The van der Waals surface area contributed by atoms with Crippen molar-refractivity contribution >= 4 is 8.80 Å². The molecule has 0 saturated heterocycles. The van der Waals surface area contributed by atoms with E-state index in [0.717, 1.165) is 0 Å². The lowest BCUT2D eigenvalue weighted by Crippen LogP contribution is -2.46. The largest absolute Gasteiger partial charge is 0.501 e. The molecule has 6 heteroatoms. The van der Waals surface area contributed by atoms with Crippen molar-refractivity contribution in [3.05, 3.63) is 0 Å². The first-order valence-electron chi connectivity index (χ1n) is 5.84. The molecule has 0 aliphatic rings. The van der Waals surface area contributed by atoms with Gasteiger partial charge in [0.1, 0.15) is 0 Å². The standard InChI is InChI=1S/C10H24O5Si/c1-4-13-16(14-5-2,15-6-3)8-7-10(12)9-11/h10-12H,4-9H2,1-3H3. The van der Waals surface area contributed by atoms with Crippen molar-refractivity contribution < 1.29 is 23.5 Å². The first-order valence-corrected chi connectivity index (χ1v) is 7.78. The molecule has 2 N–H and O–H groups in total. The first kappa shape index (κ1) is 16.0. The number of hydrogen-bond acceptors (Lipinski definition) is 5. The van der Waals surface area contributed by atoms with Crippen LogP contribution in [0.15, 0.2) is 0 Å². The van der Waals surface area contributed by atoms with Crippen molar-refractivity contribution in [1.82, 2.24) is 0 Å². The quantitative estimate of drug-likeness (QED) is 0.562. The second-order valence-corrected chi connectivity index (χ2v) is 6.09. The minimum absolute atomic E-state index is 0.241. The van der Waals surface area contributed by atoms with Crippen molar-refractivity contribution in [3.8, 4) is 0 Å². The zero-order valence-corrected chi connectivity index (χ0v) is 11.4. The molecule has 0 fully saturated rings. The summed E-state index contributed by atoms with van der Waals surface area (Å²) in [5.74, 6) is 0. The van der Waals surface area contributed by atoms with Crippen molar-refractivity contribution in [2.45, 2.75) is 39.3 Å². The molecule has 98 valence electrons. The normalized spacial score (nSPS) is 14.1. The van der Waals surface area contributed by atoms with Gasteiger partial charge in [0, 0.05) is 25.9 Å². The van der Waals surface area contributed by atoms with Crippen molar-refractivity contribution in [2.75, 3.05) is 26.4 Å². The molecule has 0 amide bonds. The Morgan fingerprint density at radius 3 is 1.75 bits per heavy atom. The summed E-state index contributed by atoms with van der Waals surface area (Å²) in [7, 11) is -2.65. The van der Waals surface area contributed by atoms with Crippen molar-refractivity contribution in [1.29, 1.82) is 0 Å². The third-order valence-corrected chi connectivity index (χ3v) is 5.17. The van der Waals surface area contributed by atoms with Gasteiger partial charge in [-0.15, -0.1) is 0 Å². The van der Waals surface area contributed by atoms with E-state index >= 15 is 0 Å². The van der Waals surface area contributed by atoms with E-state index in [1.807, 2.05) is 20.8 Å². The Balaban J connectivity index is 4.34. The molecule has 0 bridgehead atoms. The number of rotatable bonds is 10. The number of aliphatic hydroxyl groups is 2. The minimum Gasteiger partial charge on any atom is -0.394 e. The third-order valence-electron chi connectivity index (χ3n) is 2.09. The second-order valence-electron chi connectivity index (χ2n) is 3.36. The molecule has 0 radical (unpaired) electrons. The summed E-state index contributed by atoms with van der Waals surface area (Å²) in [6.45, 7) is 7.02. The Morgan fingerprint density at radius 2 is 1.44 bits per heavy atom. The van der Waals surface area contributed by atoms with E-state index in [1.54, 1.807) is 0 Å². The summed E-state index contributed by atoms with van der Waals surface area (Å²) in [5.41, 5.74) is 0. The lowest BCUT2D eigenvalue weighted by molar-refractivity contribution is 0.0563.